The number of unbranched alkanes of at least 4 members (excludes halogenated alkanes) is 1. The normalized spacial score (nSPS) is 11.1. The van der Waals surface area contributed by atoms with Crippen molar-refractivity contribution in [1.29, 1.82) is 0 Å². The van der Waals surface area contributed by atoms with Crippen molar-refractivity contribution in [3.05, 3.63) is 35.9 Å². The number of hydrogen-bond donors (Lipinski definition) is 0. The van der Waals surface area contributed by atoms with Crippen LogP contribution in [0.15, 0.2) is 30.3 Å². The van der Waals surface area contributed by atoms with Crippen LogP contribution in [0.3, 0.4) is 0 Å². The molecular weight excluding hydrogens is 296 g/mol. The second kappa shape index (κ2) is 10.0. The van der Waals surface area contributed by atoms with E-state index in [9.17, 15) is 9.59 Å². The Bertz CT molecular complexity index is 465. The maximum absolute atomic E-state index is 12.5. The maximum atomic E-state index is 12.5. The van der Waals surface area contributed by atoms with Crippen LogP contribution < -0.4 is 0 Å². The molecule has 0 saturated carbocycles. The average molecular weight is 322 g/mol. The Hall–Kier alpha value is -1.88. The Morgan fingerprint density at radius 2 is 1.52 bits per heavy atom. The highest BCUT2D eigenvalue weighted by Crippen LogP contribution is 2.25. The van der Waals surface area contributed by atoms with Gasteiger partial charge in [0, 0.05) is 0 Å². The quantitative estimate of drug-likeness (QED) is 0.489. The molecule has 23 heavy (non-hydrogen) atoms. The molecule has 1 aromatic rings. The average Bonchev–Trinajstić information content (AvgIpc) is 2.56. The van der Waals surface area contributed by atoms with Crippen molar-refractivity contribution in [2.24, 2.45) is 0 Å². The van der Waals surface area contributed by atoms with E-state index in [0.717, 1.165) is 12.0 Å². The molecule has 0 heterocycles. The minimum absolute atomic E-state index is 0.141. The molecule has 0 atom stereocenters. The first-order valence-corrected chi connectivity index (χ1v) is 8.13. The molecule has 1 aromatic carbocycles. The van der Waals surface area contributed by atoms with Crippen molar-refractivity contribution < 1.29 is 23.8 Å². The van der Waals surface area contributed by atoms with Crippen molar-refractivity contribution in [2.45, 2.75) is 52.2 Å². The van der Waals surface area contributed by atoms with Crippen molar-refractivity contribution in [2.75, 3.05) is 13.2 Å². The third kappa shape index (κ3) is 5.36. The van der Waals surface area contributed by atoms with Gasteiger partial charge in [0.2, 0.25) is 0 Å². The lowest BCUT2D eigenvalue weighted by Crippen LogP contribution is -2.51. The van der Waals surface area contributed by atoms with Gasteiger partial charge in [0.25, 0.3) is 5.60 Å². The minimum Gasteiger partial charge on any atom is -0.463 e. The Morgan fingerprint density at radius 3 is 2.00 bits per heavy atom. The van der Waals surface area contributed by atoms with Crippen molar-refractivity contribution in [3.63, 3.8) is 0 Å². The molecule has 0 aliphatic carbocycles. The van der Waals surface area contributed by atoms with Crippen LogP contribution in [0.5, 0.6) is 0 Å². The Kier molecular flexibility index (Phi) is 8.33. The highest BCUT2D eigenvalue weighted by Gasteiger charge is 2.49. The van der Waals surface area contributed by atoms with Crippen LogP contribution in [0.4, 0.5) is 0 Å². The Balaban J connectivity index is 3.02. The number of rotatable bonds is 10. The van der Waals surface area contributed by atoms with E-state index in [0.29, 0.717) is 6.42 Å². The van der Waals surface area contributed by atoms with Gasteiger partial charge in [-0.3, -0.25) is 0 Å². The molecule has 5 heteroatoms. The van der Waals surface area contributed by atoms with Crippen molar-refractivity contribution >= 4 is 11.9 Å². The van der Waals surface area contributed by atoms with Crippen LogP contribution in [0.25, 0.3) is 0 Å². The summed E-state index contributed by atoms with van der Waals surface area (Å²) in [5, 5.41) is 0. The van der Waals surface area contributed by atoms with Crippen LogP contribution in [0, 0.1) is 0 Å². The summed E-state index contributed by atoms with van der Waals surface area (Å²) in [6, 6.07) is 9.40. The van der Waals surface area contributed by atoms with Crippen molar-refractivity contribution in [3.8, 4) is 0 Å². The number of carbonyl (C=O) groups excluding carboxylic acids is 2. The zero-order valence-corrected chi connectivity index (χ0v) is 14.2. The van der Waals surface area contributed by atoms with E-state index in [4.69, 9.17) is 14.2 Å². The molecule has 0 fully saturated rings. The Labute approximate surface area is 137 Å². The molecule has 5 nitrogen and oxygen atoms in total. The fourth-order valence-electron chi connectivity index (χ4n) is 2.18. The molecule has 0 aliphatic rings. The molecule has 0 aromatic heterocycles. The summed E-state index contributed by atoms with van der Waals surface area (Å²) in [4.78, 5) is 24.9. The molecule has 0 unspecified atom stereocenters. The number of ether oxygens (including phenoxy) is 3. The second-order valence-electron chi connectivity index (χ2n) is 5.15. The van der Waals surface area contributed by atoms with Crippen LogP contribution in [-0.4, -0.2) is 30.8 Å². The van der Waals surface area contributed by atoms with E-state index in [1.807, 2.05) is 37.3 Å². The predicted octanol–water partition coefficient (Wildman–Crippen LogP) is 3.26. The van der Waals surface area contributed by atoms with Crippen LogP contribution >= 0.6 is 0 Å². The van der Waals surface area contributed by atoms with Gasteiger partial charge in [0.05, 0.1) is 19.8 Å². The summed E-state index contributed by atoms with van der Waals surface area (Å²) in [7, 11) is 0. The summed E-state index contributed by atoms with van der Waals surface area (Å²) < 4.78 is 16.0. The van der Waals surface area contributed by atoms with Gasteiger partial charge in [-0.15, -0.1) is 0 Å². The van der Waals surface area contributed by atoms with Gasteiger partial charge in [0.15, 0.2) is 0 Å². The second-order valence-corrected chi connectivity index (χ2v) is 5.15. The van der Waals surface area contributed by atoms with Crippen LogP contribution in [-0.2, 0) is 30.4 Å². The zero-order valence-electron chi connectivity index (χ0n) is 14.2. The van der Waals surface area contributed by atoms with Gasteiger partial charge in [-0.2, -0.15) is 0 Å². The highest BCUT2D eigenvalue weighted by atomic mass is 16.6. The first kappa shape index (κ1) is 19.2. The maximum Gasteiger partial charge on any atom is 0.350 e. The molecule has 0 spiro atoms. The highest BCUT2D eigenvalue weighted by molar-refractivity contribution is 6.03. The first-order chi connectivity index (χ1) is 11.1. The third-order valence-electron chi connectivity index (χ3n) is 3.42. The topological polar surface area (TPSA) is 61.8 Å². The predicted molar refractivity (Wildman–Crippen MR) is 86.8 cm³/mol. The monoisotopic (exact) mass is 322 g/mol. The summed E-state index contributed by atoms with van der Waals surface area (Å²) >= 11 is 0. The molecule has 0 radical (unpaired) electrons. The molecule has 128 valence electrons. The SMILES string of the molecule is CCCCC(OCc1ccccc1)(C(=O)OCC)C(=O)OCC. The summed E-state index contributed by atoms with van der Waals surface area (Å²) in [5.41, 5.74) is -0.820. The summed E-state index contributed by atoms with van der Waals surface area (Å²) in [6.45, 7) is 5.89. The van der Waals surface area contributed by atoms with E-state index >= 15 is 0 Å². The van der Waals surface area contributed by atoms with E-state index in [-0.39, 0.29) is 26.2 Å². The Morgan fingerprint density at radius 1 is 0.957 bits per heavy atom. The van der Waals surface area contributed by atoms with Crippen LogP contribution in [0.1, 0.15) is 45.6 Å². The van der Waals surface area contributed by atoms with Gasteiger partial charge in [-0.25, -0.2) is 9.59 Å². The van der Waals surface area contributed by atoms with E-state index in [2.05, 4.69) is 0 Å². The zero-order chi connectivity index (χ0) is 17.1. The van der Waals surface area contributed by atoms with Gasteiger partial charge < -0.3 is 14.2 Å². The largest absolute Gasteiger partial charge is 0.463 e. The lowest BCUT2D eigenvalue weighted by molar-refractivity contribution is -0.194. The fourth-order valence-corrected chi connectivity index (χ4v) is 2.18. The number of esters is 2. The standard InChI is InChI=1S/C18H26O5/c1-4-7-13-18(16(19)21-5-2,17(20)22-6-3)23-14-15-11-9-8-10-12-15/h8-12H,4-7,13-14H2,1-3H3. The smallest absolute Gasteiger partial charge is 0.350 e. The van der Waals surface area contributed by atoms with Crippen LogP contribution in [0.2, 0.25) is 0 Å². The van der Waals surface area contributed by atoms with Gasteiger partial charge in [0.1, 0.15) is 0 Å². The lowest BCUT2D eigenvalue weighted by Gasteiger charge is -2.29. The van der Waals surface area contributed by atoms with E-state index in [1.54, 1.807) is 13.8 Å². The molecular formula is C18H26O5. The molecule has 0 amide bonds. The van der Waals surface area contributed by atoms with E-state index < -0.39 is 17.5 Å². The molecule has 0 saturated heterocycles. The number of benzene rings is 1. The summed E-state index contributed by atoms with van der Waals surface area (Å²) in [5.74, 6) is -1.36. The molecule has 1 rings (SSSR count). The molecule has 0 aliphatic heterocycles. The lowest BCUT2D eigenvalue weighted by atomic mass is 9.96. The first-order valence-electron chi connectivity index (χ1n) is 8.13. The summed E-state index contributed by atoms with van der Waals surface area (Å²) in [6.07, 6.45) is 1.73. The number of carbonyl (C=O) groups is 2. The number of hydrogen-bond acceptors (Lipinski definition) is 5. The van der Waals surface area contributed by atoms with Gasteiger partial charge in [-0.1, -0.05) is 43.7 Å². The molecule has 0 N–H and O–H groups in total. The van der Waals surface area contributed by atoms with Crippen molar-refractivity contribution in [1.82, 2.24) is 0 Å². The minimum atomic E-state index is -1.70. The van der Waals surface area contributed by atoms with Gasteiger partial charge in [-0.05, 0) is 32.3 Å². The fraction of sp³-hybridized carbons (Fsp3) is 0.556. The molecule has 0 bridgehead atoms. The van der Waals surface area contributed by atoms with E-state index in [1.165, 1.54) is 0 Å². The third-order valence-corrected chi connectivity index (χ3v) is 3.42. The van der Waals surface area contributed by atoms with Gasteiger partial charge >= 0.3 is 11.9 Å².